The molecule has 20 heavy (non-hydrogen) atoms. The summed E-state index contributed by atoms with van der Waals surface area (Å²) in [6.07, 6.45) is 0. The third kappa shape index (κ3) is 3.04. The van der Waals surface area contributed by atoms with Gasteiger partial charge in [-0.3, -0.25) is 4.79 Å². The lowest BCUT2D eigenvalue weighted by Gasteiger charge is -2.09. The van der Waals surface area contributed by atoms with E-state index in [2.05, 4.69) is 21.2 Å². The molecular formula is C15H17BrN2OS. The maximum absolute atomic E-state index is 12.2. The molecule has 0 aliphatic rings. The van der Waals surface area contributed by atoms with Gasteiger partial charge in [-0.15, -0.1) is 11.3 Å². The first-order valence-corrected chi connectivity index (χ1v) is 7.96. The third-order valence-corrected chi connectivity index (χ3v) is 4.63. The number of nitrogens with two attached hydrogens (primary N) is 1. The van der Waals surface area contributed by atoms with Gasteiger partial charge in [-0.1, -0.05) is 28.1 Å². The SMILES string of the molecule is Cc1c(-c2ccc(Br)cc2)sc(N)c1C(=O)NC(C)C. The Balaban J connectivity index is 2.43. The van der Waals surface area contributed by atoms with E-state index < -0.39 is 0 Å². The van der Waals surface area contributed by atoms with Crippen LogP contribution in [0.1, 0.15) is 29.8 Å². The monoisotopic (exact) mass is 352 g/mol. The van der Waals surface area contributed by atoms with Crippen LogP contribution in [-0.2, 0) is 0 Å². The smallest absolute Gasteiger partial charge is 0.254 e. The van der Waals surface area contributed by atoms with Crippen LogP contribution < -0.4 is 11.1 Å². The van der Waals surface area contributed by atoms with Crippen molar-refractivity contribution in [2.24, 2.45) is 0 Å². The number of hydrogen-bond acceptors (Lipinski definition) is 3. The van der Waals surface area contributed by atoms with Crippen molar-refractivity contribution in [1.82, 2.24) is 5.32 Å². The zero-order valence-corrected chi connectivity index (χ0v) is 14.1. The standard InChI is InChI=1S/C15H17BrN2OS/c1-8(2)18-15(19)12-9(3)13(20-14(12)17)10-4-6-11(16)7-5-10/h4-8H,17H2,1-3H3,(H,18,19). The van der Waals surface area contributed by atoms with E-state index in [-0.39, 0.29) is 11.9 Å². The summed E-state index contributed by atoms with van der Waals surface area (Å²) in [6, 6.07) is 8.10. The van der Waals surface area contributed by atoms with Gasteiger partial charge in [0.1, 0.15) is 0 Å². The molecule has 2 aromatic rings. The van der Waals surface area contributed by atoms with Crippen molar-refractivity contribution in [2.45, 2.75) is 26.8 Å². The number of nitrogens with one attached hydrogen (secondary N) is 1. The maximum Gasteiger partial charge on any atom is 0.254 e. The number of rotatable bonds is 3. The van der Waals surface area contributed by atoms with Gasteiger partial charge in [0, 0.05) is 15.4 Å². The molecule has 0 atom stereocenters. The lowest BCUT2D eigenvalue weighted by molar-refractivity contribution is 0.0944. The first-order valence-electron chi connectivity index (χ1n) is 6.35. The average molecular weight is 353 g/mol. The van der Waals surface area contributed by atoms with Crippen molar-refractivity contribution >= 4 is 38.2 Å². The molecule has 3 nitrogen and oxygen atoms in total. The first kappa shape index (κ1) is 15.1. The summed E-state index contributed by atoms with van der Waals surface area (Å²) in [6.45, 7) is 5.82. The molecule has 0 saturated heterocycles. The Bertz CT molecular complexity index is 632. The van der Waals surface area contributed by atoms with Gasteiger partial charge >= 0.3 is 0 Å². The maximum atomic E-state index is 12.2. The minimum atomic E-state index is -0.102. The largest absolute Gasteiger partial charge is 0.390 e. The highest BCUT2D eigenvalue weighted by molar-refractivity contribution is 9.10. The Morgan fingerprint density at radius 2 is 1.90 bits per heavy atom. The summed E-state index contributed by atoms with van der Waals surface area (Å²) >= 11 is 4.88. The summed E-state index contributed by atoms with van der Waals surface area (Å²) in [7, 11) is 0. The normalized spacial score (nSPS) is 10.8. The molecule has 3 N–H and O–H groups in total. The lowest BCUT2D eigenvalue weighted by atomic mass is 10.1. The number of benzene rings is 1. The van der Waals surface area contributed by atoms with Crippen LogP contribution in [-0.4, -0.2) is 11.9 Å². The van der Waals surface area contributed by atoms with Crippen LogP contribution >= 0.6 is 27.3 Å². The minimum Gasteiger partial charge on any atom is -0.390 e. The molecule has 0 saturated carbocycles. The van der Waals surface area contributed by atoms with E-state index in [4.69, 9.17) is 5.73 Å². The Morgan fingerprint density at radius 1 is 1.30 bits per heavy atom. The van der Waals surface area contributed by atoms with Gasteiger partial charge in [0.2, 0.25) is 0 Å². The van der Waals surface area contributed by atoms with E-state index in [0.29, 0.717) is 10.6 Å². The summed E-state index contributed by atoms with van der Waals surface area (Å²) in [5.74, 6) is -0.102. The zero-order chi connectivity index (χ0) is 14.9. The van der Waals surface area contributed by atoms with Gasteiger partial charge < -0.3 is 11.1 Å². The second-order valence-electron chi connectivity index (χ2n) is 4.93. The molecule has 5 heteroatoms. The molecule has 0 aliphatic heterocycles. The second kappa shape index (κ2) is 5.97. The summed E-state index contributed by atoms with van der Waals surface area (Å²) < 4.78 is 1.03. The summed E-state index contributed by atoms with van der Waals surface area (Å²) in [5, 5.41) is 3.46. The fourth-order valence-electron chi connectivity index (χ4n) is 2.03. The number of carbonyl (C=O) groups is 1. The van der Waals surface area contributed by atoms with Gasteiger partial charge in [-0.2, -0.15) is 0 Å². The molecule has 1 heterocycles. The molecule has 1 amide bonds. The minimum absolute atomic E-state index is 0.0948. The predicted octanol–water partition coefficient (Wildman–Crippen LogP) is 4.21. The molecule has 0 bridgehead atoms. The zero-order valence-electron chi connectivity index (χ0n) is 11.7. The van der Waals surface area contributed by atoms with Crippen LogP contribution in [0.5, 0.6) is 0 Å². The molecule has 1 aromatic carbocycles. The number of anilines is 1. The van der Waals surface area contributed by atoms with Crippen molar-refractivity contribution < 1.29 is 4.79 Å². The van der Waals surface area contributed by atoms with Gasteiger partial charge in [0.25, 0.3) is 5.91 Å². The van der Waals surface area contributed by atoms with Gasteiger partial charge in [0.05, 0.1) is 10.6 Å². The Morgan fingerprint density at radius 3 is 2.45 bits per heavy atom. The van der Waals surface area contributed by atoms with E-state index in [0.717, 1.165) is 20.5 Å². The van der Waals surface area contributed by atoms with E-state index in [1.807, 2.05) is 45.0 Å². The van der Waals surface area contributed by atoms with Crippen molar-refractivity contribution in [2.75, 3.05) is 5.73 Å². The van der Waals surface area contributed by atoms with Crippen molar-refractivity contribution in [3.63, 3.8) is 0 Å². The van der Waals surface area contributed by atoms with E-state index in [9.17, 15) is 4.79 Å². The van der Waals surface area contributed by atoms with Crippen molar-refractivity contribution in [1.29, 1.82) is 0 Å². The number of carbonyl (C=O) groups excluding carboxylic acids is 1. The van der Waals surface area contributed by atoms with Gasteiger partial charge in [0.15, 0.2) is 0 Å². The van der Waals surface area contributed by atoms with E-state index in [1.54, 1.807) is 0 Å². The Kier molecular flexibility index (Phi) is 4.50. The lowest BCUT2D eigenvalue weighted by Crippen LogP contribution is -2.30. The molecule has 0 unspecified atom stereocenters. The highest BCUT2D eigenvalue weighted by Crippen LogP contribution is 2.38. The van der Waals surface area contributed by atoms with E-state index >= 15 is 0 Å². The summed E-state index contributed by atoms with van der Waals surface area (Å²) in [4.78, 5) is 13.2. The molecule has 106 valence electrons. The van der Waals surface area contributed by atoms with Crippen molar-refractivity contribution in [3.05, 3.63) is 39.9 Å². The van der Waals surface area contributed by atoms with Gasteiger partial charge in [-0.05, 0) is 44.0 Å². The summed E-state index contributed by atoms with van der Waals surface area (Å²) in [5.41, 5.74) is 8.65. The van der Waals surface area contributed by atoms with Gasteiger partial charge in [-0.25, -0.2) is 0 Å². The number of halogens is 1. The molecule has 0 radical (unpaired) electrons. The average Bonchev–Trinajstić information content (AvgIpc) is 2.65. The fraction of sp³-hybridized carbons (Fsp3) is 0.267. The second-order valence-corrected chi connectivity index (χ2v) is 6.90. The van der Waals surface area contributed by atoms with Crippen LogP contribution in [0.4, 0.5) is 5.00 Å². The quantitative estimate of drug-likeness (QED) is 0.869. The first-order chi connectivity index (χ1) is 9.40. The Labute approximate surface area is 131 Å². The Hall–Kier alpha value is -1.33. The highest BCUT2D eigenvalue weighted by atomic mass is 79.9. The fourth-order valence-corrected chi connectivity index (χ4v) is 3.37. The third-order valence-electron chi connectivity index (χ3n) is 2.93. The van der Waals surface area contributed by atoms with Crippen LogP contribution in [0.3, 0.4) is 0 Å². The highest BCUT2D eigenvalue weighted by Gasteiger charge is 2.20. The number of thiophene rings is 1. The van der Waals surface area contributed by atoms with Crippen LogP contribution in [0.25, 0.3) is 10.4 Å². The number of hydrogen-bond donors (Lipinski definition) is 2. The molecular weight excluding hydrogens is 336 g/mol. The van der Waals surface area contributed by atoms with E-state index in [1.165, 1.54) is 11.3 Å². The molecule has 0 spiro atoms. The number of nitrogen functional groups attached to an aromatic ring is 1. The molecule has 0 fully saturated rings. The number of amides is 1. The van der Waals surface area contributed by atoms with Crippen LogP contribution in [0.2, 0.25) is 0 Å². The van der Waals surface area contributed by atoms with Crippen LogP contribution in [0, 0.1) is 6.92 Å². The topological polar surface area (TPSA) is 55.1 Å². The van der Waals surface area contributed by atoms with Crippen molar-refractivity contribution in [3.8, 4) is 10.4 Å². The predicted molar refractivity (Wildman–Crippen MR) is 89.2 cm³/mol. The molecule has 2 rings (SSSR count). The van der Waals surface area contributed by atoms with Crippen LogP contribution in [0.15, 0.2) is 28.7 Å². The molecule has 0 aliphatic carbocycles. The molecule has 1 aromatic heterocycles.